The molecule has 1 amide bonds. The van der Waals surface area contributed by atoms with Crippen LogP contribution in [0, 0.1) is 0 Å². The SMILES string of the molecule is O=C1C=C(n2ccoc2=O)CON1. The zero-order valence-electron chi connectivity index (χ0n) is 6.52. The summed E-state index contributed by atoms with van der Waals surface area (Å²) in [4.78, 5) is 26.5. The molecular formula is C7H6N2O4. The van der Waals surface area contributed by atoms with E-state index < -0.39 is 11.7 Å². The van der Waals surface area contributed by atoms with E-state index in [1.807, 2.05) is 0 Å². The fourth-order valence-electron chi connectivity index (χ4n) is 1.02. The zero-order valence-corrected chi connectivity index (χ0v) is 6.52. The van der Waals surface area contributed by atoms with Crippen LogP contribution >= 0.6 is 0 Å². The molecule has 13 heavy (non-hydrogen) atoms. The van der Waals surface area contributed by atoms with Crippen molar-refractivity contribution < 1.29 is 14.0 Å². The number of carbonyl (C=O) groups is 1. The number of hydrogen-bond donors (Lipinski definition) is 1. The van der Waals surface area contributed by atoms with Gasteiger partial charge in [-0.3, -0.25) is 14.2 Å². The average Bonchev–Trinajstić information content (AvgIpc) is 2.51. The maximum absolute atomic E-state index is 11.0. The molecular weight excluding hydrogens is 176 g/mol. The summed E-state index contributed by atoms with van der Waals surface area (Å²) >= 11 is 0. The van der Waals surface area contributed by atoms with Gasteiger partial charge in [0.25, 0.3) is 5.91 Å². The van der Waals surface area contributed by atoms with Gasteiger partial charge in [-0.25, -0.2) is 10.3 Å². The van der Waals surface area contributed by atoms with Crippen molar-refractivity contribution in [3.05, 3.63) is 29.1 Å². The fraction of sp³-hybridized carbons (Fsp3) is 0.143. The highest BCUT2D eigenvalue weighted by Crippen LogP contribution is 2.04. The summed E-state index contributed by atoms with van der Waals surface area (Å²) in [5, 5.41) is 0. The first-order chi connectivity index (χ1) is 6.27. The van der Waals surface area contributed by atoms with E-state index >= 15 is 0 Å². The standard InChI is InChI=1S/C7H6N2O4/c10-6-3-5(4-13-8-6)9-1-2-12-7(9)11/h1-3H,4H2,(H,8,10). The van der Waals surface area contributed by atoms with Crippen LogP contribution in [0.5, 0.6) is 0 Å². The number of amides is 1. The first-order valence-electron chi connectivity index (χ1n) is 3.56. The molecule has 1 aliphatic rings. The monoisotopic (exact) mass is 182 g/mol. The lowest BCUT2D eigenvalue weighted by Crippen LogP contribution is -2.30. The highest BCUT2D eigenvalue weighted by atomic mass is 16.7. The van der Waals surface area contributed by atoms with E-state index in [-0.39, 0.29) is 6.61 Å². The van der Waals surface area contributed by atoms with E-state index in [9.17, 15) is 9.59 Å². The molecule has 0 aromatic carbocycles. The third-order valence-electron chi connectivity index (χ3n) is 1.58. The summed E-state index contributed by atoms with van der Waals surface area (Å²) in [7, 11) is 0. The first-order valence-corrected chi connectivity index (χ1v) is 3.56. The van der Waals surface area contributed by atoms with Gasteiger partial charge in [0, 0.05) is 6.08 Å². The second-order valence-electron chi connectivity index (χ2n) is 2.43. The third-order valence-corrected chi connectivity index (χ3v) is 1.58. The van der Waals surface area contributed by atoms with Gasteiger partial charge >= 0.3 is 5.76 Å². The van der Waals surface area contributed by atoms with E-state index in [4.69, 9.17) is 4.84 Å². The number of rotatable bonds is 1. The van der Waals surface area contributed by atoms with Crippen LogP contribution in [-0.4, -0.2) is 17.1 Å². The second-order valence-corrected chi connectivity index (χ2v) is 2.43. The number of carbonyl (C=O) groups excluding carboxylic acids is 1. The number of oxazole rings is 1. The minimum absolute atomic E-state index is 0.144. The zero-order chi connectivity index (χ0) is 9.26. The number of hydrogen-bond acceptors (Lipinski definition) is 4. The van der Waals surface area contributed by atoms with Gasteiger partial charge in [-0.15, -0.1) is 0 Å². The van der Waals surface area contributed by atoms with Crippen LogP contribution in [0.2, 0.25) is 0 Å². The Balaban J connectivity index is 2.42. The minimum Gasteiger partial charge on any atom is -0.416 e. The average molecular weight is 182 g/mol. The molecule has 0 saturated heterocycles. The molecule has 0 bridgehead atoms. The lowest BCUT2D eigenvalue weighted by atomic mass is 10.4. The molecule has 1 aromatic rings. The maximum Gasteiger partial charge on any atom is 0.423 e. The molecule has 2 heterocycles. The Morgan fingerprint density at radius 1 is 1.46 bits per heavy atom. The molecule has 1 aliphatic heterocycles. The molecule has 2 rings (SSSR count). The molecule has 6 nitrogen and oxygen atoms in total. The van der Waals surface area contributed by atoms with Crippen LogP contribution in [0.4, 0.5) is 0 Å². The second kappa shape index (κ2) is 2.91. The van der Waals surface area contributed by atoms with Crippen LogP contribution in [0.25, 0.3) is 5.70 Å². The predicted octanol–water partition coefficient (Wildman–Crippen LogP) is -0.656. The summed E-state index contributed by atoms with van der Waals surface area (Å²) < 4.78 is 5.74. The van der Waals surface area contributed by atoms with Crippen LogP contribution < -0.4 is 11.2 Å². The van der Waals surface area contributed by atoms with Gasteiger partial charge in [-0.2, -0.15) is 0 Å². The summed E-state index contributed by atoms with van der Waals surface area (Å²) in [5.41, 5.74) is 2.58. The molecule has 1 aromatic heterocycles. The van der Waals surface area contributed by atoms with E-state index in [2.05, 4.69) is 9.90 Å². The van der Waals surface area contributed by atoms with Crippen LogP contribution in [0.1, 0.15) is 0 Å². The summed E-state index contributed by atoms with van der Waals surface area (Å²) in [5.74, 6) is -0.932. The van der Waals surface area contributed by atoms with Crippen LogP contribution in [0.3, 0.4) is 0 Å². The van der Waals surface area contributed by atoms with Crippen molar-refractivity contribution in [2.45, 2.75) is 0 Å². The Labute approximate surface area is 72.4 Å². The molecule has 6 heteroatoms. The van der Waals surface area contributed by atoms with E-state index in [1.165, 1.54) is 23.1 Å². The molecule has 0 spiro atoms. The van der Waals surface area contributed by atoms with Crippen molar-refractivity contribution in [3.8, 4) is 0 Å². The number of nitrogens with zero attached hydrogens (tertiary/aromatic N) is 1. The van der Waals surface area contributed by atoms with Gasteiger partial charge in [0.15, 0.2) is 0 Å². The van der Waals surface area contributed by atoms with E-state index in [0.29, 0.717) is 5.70 Å². The Kier molecular flexibility index (Phi) is 1.75. The predicted molar refractivity (Wildman–Crippen MR) is 41.3 cm³/mol. The van der Waals surface area contributed by atoms with Crippen molar-refractivity contribution in [2.75, 3.05) is 6.61 Å². The van der Waals surface area contributed by atoms with Gasteiger partial charge in [0.2, 0.25) is 0 Å². The Hall–Kier alpha value is -1.82. The summed E-state index contributed by atoms with van der Waals surface area (Å²) in [6.45, 7) is 0.144. The Morgan fingerprint density at radius 3 is 2.92 bits per heavy atom. The number of aromatic nitrogens is 1. The maximum atomic E-state index is 11.0. The molecule has 0 unspecified atom stereocenters. The highest BCUT2D eigenvalue weighted by molar-refractivity contribution is 5.92. The van der Waals surface area contributed by atoms with Gasteiger partial charge in [-0.05, 0) is 0 Å². The molecule has 0 fully saturated rings. The van der Waals surface area contributed by atoms with Crippen molar-refractivity contribution in [1.82, 2.24) is 10.0 Å². The van der Waals surface area contributed by atoms with E-state index in [1.54, 1.807) is 0 Å². The molecule has 0 atom stereocenters. The van der Waals surface area contributed by atoms with Crippen molar-refractivity contribution >= 4 is 11.6 Å². The number of nitrogens with one attached hydrogen (secondary N) is 1. The van der Waals surface area contributed by atoms with Crippen LogP contribution in [-0.2, 0) is 9.63 Å². The summed E-state index contributed by atoms with van der Waals surface area (Å²) in [6.07, 6.45) is 3.95. The topological polar surface area (TPSA) is 73.5 Å². The van der Waals surface area contributed by atoms with Gasteiger partial charge in [0.1, 0.15) is 12.9 Å². The largest absolute Gasteiger partial charge is 0.423 e. The van der Waals surface area contributed by atoms with Crippen molar-refractivity contribution in [1.29, 1.82) is 0 Å². The normalized spacial score (nSPS) is 16.6. The number of hydroxylamine groups is 1. The highest BCUT2D eigenvalue weighted by Gasteiger charge is 2.12. The van der Waals surface area contributed by atoms with Gasteiger partial charge < -0.3 is 4.42 Å². The molecule has 0 aliphatic carbocycles. The lowest BCUT2D eigenvalue weighted by molar-refractivity contribution is -0.128. The quantitative estimate of drug-likeness (QED) is 0.625. The summed E-state index contributed by atoms with van der Waals surface area (Å²) in [6, 6.07) is 0. The van der Waals surface area contributed by atoms with Crippen molar-refractivity contribution in [2.24, 2.45) is 0 Å². The molecule has 68 valence electrons. The first kappa shape index (κ1) is 7.81. The van der Waals surface area contributed by atoms with Gasteiger partial charge in [0.05, 0.1) is 11.9 Å². The third kappa shape index (κ3) is 1.38. The Bertz CT molecular complexity index is 414. The molecule has 0 radical (unpaired) electrons. The molecule has 1 N–H and O–H groups in total. The smallest absolute Gasteiger partial charge is 0.416 e. The lowest BCUT2D eigenvalue weighted by Gasteiger charge is -2.12. The van der Waals surface area contributed by atoms with Crippen molar-refractivity contribution in [3.63, 3.8) is 0 Å². The van der Waals surface area contributed by atoms with Crippen LogP contribution in [0.15, 0.2) is 27.7 Å². The Morgan fingerprint density at radius 2 is 2.31 bits per heavy atom. The fourth-order valence-corrected chi connectivity index (χ4v) is 1.02. The van der Waals surface area contributed by atoms with Gasteiger partial charge in [-0.1, -0.05) is 0 Å². The minimum atomic E-state index is -0.537. The molecule has 0 saturated carbocycles. The van der Waals surface area contributed by atoms with E-state index in [0.717, 1.165) is 0 Å².